The van der Waals surface area contributed by atoms with Crippen LogP contribution < -0.4 is 5.32 Å². The molecule has 1 aliphatic heterocycles. The van der Waals surface area contributed by atoms with Crippen LogP contribution >= 0.6 is 15.9 Å². The second-order valence-electron chi connectivity index (χ2n) is 4.27. The standard InChI is InChI=1S/C10H15BrFN3/c1-7(2)15-9(8(11)5-14-15)10(12)3-4-13-6-10/h5,7,13H,3-4,6H2,1-2H3. The minimum atomic E-state index is -1.28. The molecule has 1 unspecified atom stereocenters. The number of alkyl halides is 1. The molecule has 0 bridgehead atoms. The van der Waals surface area contributed by atoms with E-state index in [4.69, 9.17) is 0 Å². The quantitative estimate of drug-likeness (QED) is 0.898. The second-order valence-corrected chi connectivity index (χ2v) is 5.13. The van der Waals surface area contributed by atoms with Crippen molar-refractivity contribution in [3.05, 3.63) is 16.4 Å². The summed E-state index contributed by atoms with van der Waals surface area (Å²) in [6.45, 7) is 5.12. The molecule has 2 rings (SSSR count). The molecule has 1 aromatic heterocycles. The molecule has 84 valence electrons. The van der Waals surface area contributed by atoms with E-state index >= 15 is 0 Å². The molecule has 0 aliphatic carbocycles. The third-order valence-electron chi connectivity index (χ3n) is 2.77. The van der Waals surface area contributed by atoms with Crippen molar-refractivity contribution in [2.24, 2.45) is 0 Å². The first-order chi connectivity index (χ1) is 7.04. The summed E-state index contributed by atoms with van der Waals surface area (Å²) in [5, 5.41) is 7.26. The highest BCUT2D eigenvalue weighted by atomic mass is 79.9. The van der Waals surface area contributed by atoms with Gasteiger partial charge < -0.3 is 5.32 Å². The molecule has 0 radical (unpaired) electrons. The number of nitrogens with zero attached hydrogens (tertiary/aromatic N) is 2. The smallest absolute Gasteiger partial charge is 0.167 e. The van der Waals surface area contributed by atoms with Crippen molar-refractivity contribution in [1.82, 2.24) is 15.1 Å². The first kappa shape index (κ1) is 11.1. The highest BCUT2D eigenvalue weighted by molar-refractivity contribution is 9.10. The molecule has 5 heteroatoms. The van der Waals surface area contributed by atoms with Crippen molar-refractivity contribution in [3.8, 4) is 0 Å². The van der Waals surface area contributed by atoms with Gasteiger partial charge in [-0.2, -0.15) is 5.10 Å². The molecule has 0 saturated carbocycles. The number of nitrogens with one attached hydrogen (secondary N) is 1. The molecule has 1 saturated heterocycles. The number of rotatable bonds is 2. The summed E-state index contributed by atoms with van der Waals surface area (Å²) in [6, 6.07) is 0.180. The monoisotopic (exact) mass is 275 g/mol. The maximum absolute atomic E-state index is 14.6. The van der Waals surface area contributed by atoms with Gasteiger partial charge >= 0.3 is 0 Å². The van der Waals surface area contributed by atoms with E-state index in [-0.39, 0.29) is 6.04 Å². The zero-order valence-electron chi connectivity index (χ0n) is 8.93. The van der Waals surface area contributed by atoms with Crippen LogP contribution in [0.5, 0.6) is 0 Å². The second kappa shape index (κ2) is 3.87. The maximum Gasteiger partial charge on any atom is 0.167 e. The van der Waals surface area contributed by atoms with E-state index in [0.29, 0.717) is 18.7 Å². The van der Waals surface area contributed by atoms with E-state index in [9.17, 15) is 4.39 Å². The van der Waals surface area contributed by atoms with Crippen LogP contribution in [0.15, 0.2) is 10.7 Å². The van der Waals surface area contributed by atoms with Gasteiger partial charge in [-0.15, -0.1) is 0 Å². The molecule has 1 atom stereocenters. The first-order valence-corrected chi connectivity index (χ1v) is 5.97. The molecule has 0 amide bonds. The molecule has 15 heavy (non-hydrogen) atoms. The van der Waals surface area contributed by atoms with E-state index in [1.807, 2.05) is 13.8 Å². The Labute approximate surface area is 97.2 Å². The first-order valence-electron chi connectivity index (χ1n) is 5.18. The molecular formula is C10H15BrFN3. The predicted molar refractivity (Wildman–Crippen MR) is 60.6 cm³/mol. The number of halogens is 2. The van der Waals surface area contributed by atoms with Crippen LogP contribution in [0.4, 0.5) is 4.39 Å². The molecule has 1 aliphatic rings. The fraction of sp³-hybridized carbons (Fsp3) is 0.700. The van der Waals surface area contributed by atoms with Crippen molar-refractivity contribution in [2.75, 3.05) is 13.1 Å². The van der Waals surface area contributed by atoms with Gasteiger partial charge in [0.1, 0.15) is 0 Å². The van der Waals surface area contributed by atoms with Crippen LogP contribution in [-0.4, -0.2) is 22.9 Å². The lowest BCUT2D eigenvalue weighted by molar-refractivity contribution is 0.173. The number of aromatic nitrogens is 2. The molecule has 0 spiro atoms. The van der Waals surface area contributed by atoms with E-state index in [1.54, 1.807) is 10.9 Å². The molecular weight excluding hydrogens is 261 g/mol. The normalized spacial score (nSPS) is 26.5. The largest absolute Gasteiger partial charge is 0.313 e. The van der Waals surface area contributed by atoms with Crippen molar-refractivity contribution in [3.63, 3.8) is 0 Å². The summed E-state index contributed by atoms with van der Waals surface area (Å²) in [4.78, 5) is 0. The third-order valence-corrected chi connectivity index (χ3v) is 3.35. The van der Waals surface area contributed by atoms with Crippen LogP contribution in [0.3, 0.4) is 0 Å². The highest BCUT2D eigenvalue weighted by Gasteiger charge is 2.40. The van der Waals surface area contributed by atoms with Crippen LogP contribution in [-0.2, 0) is 5.67 Å². The van der Waals surface area contributed by atoms with Crippen LogP contribution in [0.2, 0.25) is 0 Å². The Bertz CT molecular complexity index is 356. The molecule has 1 N–H and O–H groups in total. The molecule has 1 fully saturated rings. The molecule has 0 aromatic carbocycles. The van der Waals surface area contributed by atoms with Crippen LogP contribution in [0, 0.1) is 0 Å². The molecule has 2 heterocycles. The van der Waals surface area contributed by atoms with E-state index in [2.05, 4.69) is 26.3 Å². The lowest BCUT2D eigenvalue weighted by atomic mass is 10.0. The zero-order valence-corrected chi connectivity index (χ0v) is 10.5. The van der Waals surface area contributed by atoms with Crippen molar-refractivity contribution >= 4 is 15.9 Å². The summed E-state index contributed by atoms with van der Waals surface area (Å²) in [6.07, 6.45) is 2.19. The van der Waals surface area contributed by atoms with E-state index in [0.717, 1.165) is 11.0 Å². The maximum atomic E-state index is 14.6. The van der Waals surface area contributed by atoms with Gasteiger partial charge in [-0.3, -0.25) is 4.68 Å². The fourth-order valence-corrected chi connectivity index (χ4v) is 2.64. The minimum Gasteiger partial charge on any atom is -0.313 e. The van der Waals surface area contributed by atoms with Gasteiger partial charge in [0.2, 0.25) is 0 Å². The average Bonchev–Trinajstić information content (AvgIpc) is 2.72. The number of hydrogen-bond donors (Lipinski definition) is 1. The lowest BCUT2D eigenvalue weighted by Gasteiger charge is -2.22. The summed E-state index contributed by atoms with van der Waals surface area (Å²) in [5.74, 6) is 0. The Morgan fingerprint density at radius 1 is 1.67 bits per heavy atom. The summed E-state index contributed by atoms with van der Waals surface area (Å²) < 4.78 is 17.1. The Hall–Kier alpha value is -0.420. The average molecular weight is 276 g/mol. The van der Waals surface area contributed by atoms with Crippen molar-refractivity contribution in [1.29, 1.82) is 0 Å². The Kier molecular flexibility index (Phi) is 2.85. The van der Waals surface area contributed by atoms with Crippen molar-refractivity contribution < 1.29 is 4.39 Å². The van der Waals surface area contributed by atoms with Gasteiger partial charge in [-0.1, -0.05) is 0 Å². The van der Waals surface area contributed by atoms with Crippen LogP contribution in [0.25, 0.3) is 0 Å². The van der Waals surface area contributed by atoms with Gasteiger partial charge in [0, 0.05) is 19.0 Å². The van der Waals surface area contributed by atoms with Gasteiger partial charge in [0.25, 0.3) is 0 Å². The van der Waals surface area contributed by atoms with Crippen molar-refractivity contribution in [2.45, 2.75) is 32.0 Å². The topological polar surface area (TPSA) is 29.9 Å². The lowest BCUT2D eigenvalue weighted by Crippen LogP contribution is -2.28. The Balaban J connectivity index is 2.45. The van der Waals surface area contributed by atoms with Gasteiger partial charge in [0.15, 0.2) is 5.67 Å². The predicted octanol–water partition coefficient (Wildman–Crippen LogP) is 2.38. The number of hydrogen-bond acceptors (Lipinski definition) is 2. The SMILES string of the molecule is CC(C)n1ncc(Br)c1C1(F)CCNC1. The van der Waals surface area contributed by atoms with E-state index < -0.39 is 5.67 Å². The summed E-state index contributed by atoms with van der Waals surface area (Å²) in [7, 11) is 0. The van der Waals surface area contributed by atoms with E-state index in [1.165, 1.54) is 0 Å². The Morgan fingerprint density at radius 3 is 2.93 bits per heavy atom. The summed E-state index contributed by atoms with van der Waals surface area (Å²) >= 11 is 3.38. The fourth-order valence-electron chi connectivity index (χ4n) is 2.02. The Morgan fingerprint density at radius 2 is 2.40 bits per heavy atom. The van der Waals surface area contributed by atoms with Crippen LogP contribution in [0.1, 0.15) is 32.0 Å². The third kappa shape index (κ3) is 1.83. The van der Waals surface area contributed by atoms with Gasteiger partial charge in [-0.05, 0) is 36.3 Å². The molecule has 3 nitrogen and oxygen atoms in total. The molecule has 1 aromatic rings. The summed E-state index contributed by atoms with van der Waals surface area (Å²) in [5.41, 5.74) is -0.609. The van der Waals surface area contributed by atoms with Gasteiger partial charge in [0.05, 0.1) is 16.4 Å². The zero-order chi connectivity index (χ0) is 11.1. The minimum absolute atomic E-state index is 0.180. The van der Waals surface area contributed by atoms with Gasteiger partial charge in [-0.25, -0.2) is 4.39 Å². The highest BCUT2D eigenvalue weighted by Crippen LogP contribution is 2.37.